The fourth-order valence-corrected chi connectivity index (χ4v) is 3.54. The number of rotatable bonds is 4. The first-order valence-electron chi connectivity index (χ1n) is 9.11. The molecule has 6 nitrogen and oxygen atoms in total. The van der Waals surface area contributed by atoms with Gasteiger partial charge in [-0.2, -0.15) is 0 Å². The van der Waals surface area contributed by atoms with Crippen LogP contribution in [-0.4, -0.2) is 24.3 Å². The molecular formula is C19H25N3O3. The molecule has 1 aliphatic heterocycles. The second-order valence-electron chi connectivity index (χ2n) is 6.86. The van der Waals surface area contributed by atoms with Crippen molar-refractivity contribution in [3.8, 4) is 0 Å². The fourth-order valence-electron chi connectivity index (χ4n) is 3.54. The number of benzene rings is 1. The van der Waals surface area contributed by atoms with E-state index in [0.717, 1.165) is 49.9 Å². The molecular weight excluding hydrogens is 318 g/mol. The van der Waals surface area contributed by atoms with Gasteiger partial charge in [-0.1, -0.05) is 31.4 Å². The minimum atomic E-state index is -0.242. The second kappa shape index (κ2) is 8.14. The maximum Gasteiger partial charge on any atom is 0.242 e. The lowest BCUT2D eigenvalue weighted by Gasteiger charge is -2.20. The van der Waals surface area contributed by atoms with Gasteiger partial charge in [0.25, 0.3) is 0 Å². The number of amides is 3. The third-order valence-corrected chi connectivity index (χ3v) is 4.99. The van der Waals surface area contributed by atoms with E-state index in [1.807, 2.05) is 24.3 Å². The summed E-state index contributed by atoms with van der Waals surface area (Å²) in [6.45, 7) is 0.756. The van der Waals surface area contributed by atoms with Crippen molar-refractivity contribution in [1.82, 2.24) is 10.9 Å². The molecule has 2 aliphatic rings. The number of hydrogen-bond donors (Lipinski definition) is 2. The van der Waals surface area contributed by atoms with E-state index in [1.165, 1.54) is 6.42 Å². The minimum Gasteiger partial charge on any atom is -0.312 e. The van der Waals surface area contributed by atoms with Gasteiger partial charge in [0.1, 0.15) is 0 Å². The first kappa shape index (κ1) is 17.5. The minimum absolute atomic E-state index is 0.0198. The molecule has 3 rings (SSSR count). The van der Waals surface area contributed by atoms with Crippen LogP contribution < -0.4 is 15.8 Å². The summed E-state index contributed by atoms with van der Waals surface area (Å²) in [7, 11) is 0. The third kappa shape index (κ3) is 4.59. The van der Waals surface area contributed by atoms with Gasteiger partial charge in [0.15, 0.2) is 0 Å². The zero-order valence-electron chi connectivity index (χ0n) is 14.4. The van der Waals surface area contributed by atoms with Crippen LogP contribution in [0.15, 0.2) is 24.3 Å². The van der Waals surface area contributed by atoms with E-state index in [4.69, 9.17) is 0 Å². The Labute approximate surface area is 147 Å². The highest BCUT2D eigenvalue weighted by atomic mass is 16.2. The number of anilines is 1. The third-order valence-electron chi connectivity index (χ3n) is 4.99. The van der Waals surface area contributed by atoms with E-state index < -0.39 is 0 Å². The van der Waals surface area contributed by atoms with E-state index in [1.54, 1.807) is 4.90 Å². The normalized spacial score (nSPS) is 18.2. The van der Waals surface area contributed by atoms with Crippen molar-refractivity contribution in [2.75, 3.05) is 11.4 Å². The van der Waals surface area contributed by atoms with Crippen molar-refractivity contribution in [2.45, 2.75) is 51.4 Å². The number of nitrogens with one attached hydrogen (secondary N) is 2. The number of carbonyl (C=O) groups is 3. The Morgan fingerprint density at radius 2 is 1.72 bits per heavy atom. The van der Waals surface area contributed by atoms with Crippen molar-refractivity contribution >= 4 is 23.4 Å². The van der Waals surface area contributed by atoms with Crippen molar-refractivity contribution < 1.29 is 14.4 Å². The first-order valence-corrected chi connectivity index (χ1v) is 9.11. The first-order chi connectivity index (χ1) is 12.1. The van der Waals surface area contributed by atoms with Crippen LogP contribution >= 0.6 is 0 Å². The molecule has 0 spiro atoms. The average Bonchev–Trinajstić information content (AvgIpc) is 3.07. The molecule has 1 saturated heterocycles. The molecule has 1 aromatic carbocycles. The van der Waals surface area contributed by atoms with Gasteiger partial charge in [0, 0.05) is 24.6 Å². The van der Waals surface area contributed by atoms with E-state index in [-0.39, 0.29) is 30.1 Å². The zero-order valence-corrected chi connectivity index (χ0v) is 14.4. The fraction of sp³-hybridized carbons (Fsp3) is 0.526. The summed E-state index contributed by atoms with van der Waals surface area (Å²) in [4.78, 5) is 37.5. The van der Waals surface area contributed by atoms with Gasteiger partial charge >= 0.3 is 0 Å². The smallest absolute Gasteiger partial charge is 0.242 e. The Morgan fingerprint density at radius 1 is 1.00 bits per heavy atom. The molecule has 0 bridgehead atoms. The summed E-state index contributed by atoms with van der Waals surface area (Å²) in [6.07, 6.45) is 6.84. The van der Waals surface area contributed by atoms with Crippen molar-refractivity contribution in [1.29, 1.82) is 0 Å². The molecule has 0 radical (unpaired) electrons. The predicted octanol–water partition coefficient (Wildman–Crippen LogP) is 2.08. The van der Waals surface area contributed by atoms with Crippen LogP contribution in [0.4, 0.5) is 5.69 Å². The quantitative estimate of drug-likeness (QED) is 0.822. The van der Waals surface area contributed by atoms with Crippen molar-refractivity contribution in [3.05, 3.63) is 29.8 Å². The summed E-state index contributed by atoms with van der Waals surface area (Å²) in [6, 6.07) is 7.44. The molecule has 1 heterocycles. The molecule has 2 fully saturated rings. The Balaban J connectivity index is 1.46. The second-order valence-corrected chi connectivity index (χ2v) is 6.86. The standard InChI is InChI=1S/C19H25N3O3/c23-17(20-21-19(25)15-5-2-1-3-6-15)13-14-8-10-16(11-9-14)22-12-4-7-18(22)24/h8-11,15H,1-7,12-13H2,(H,20,23)(H,21,25). The average molecular weight is 343 g/mol. The molecule has 1 aliphatic carbocycles. The molecule has 0 aromatic heterocycles. The van der Waals surface area contributed by atoms with E-state index in [0.29, 0.717) is 6.42 Å². The molecule has 2 N–H and O–H groups in total. The lowest BCUT2D eigenvalue weighted by Crippen LogP contribution is -2.45. The van der Waals surface area contributed by atoms with Gasteiger partial charge in [0.05, 0.1) is 6.42 Å². The number of hydrazine groups is 1. The molecule has 0 unspecified atom stereocenters. The molecule has 1 aromatic rings. The highest BCUT2D eigenvalue weighted by molar-refractivity contribution is 5.95. The van der Waals surface area contributed by atoms with Gasteiger partial charge in [-0.05, 0) is 37.0 Å². The molecule has 134 valence electrons. The van der Waals surface area contributed by atoms with Crippen LogP contribution in [0.3, 0.4) is 0 Å². The predicted molar refractivity (Wildman–Crippen MR) is 94.6 cm³/mol. The molecule has 3 amide bonds. The Hall–Kier alpha value is -2.37. The van der Waals surface area contributed by atoms with Gasteiger partial charge in [-0.25, -0.2) is 0 Å². The van der Waals surface area contributed by atoms with Crippen molar-refractivity contribution in [2.24, 2.45) is 5.92 Å². The summed E-state index contributed by atoms with van der Waals surface area (Å²) in [5, 5.41) is 0. The molecule has 1 saturated carbocycles. The molecule has 0 atom stereocenters. The molecule has 25 heavy (non-hydrogen) atoms. The number of nitrogens with zero attached hydrogens (tertiary/aromatic N) is 1. The van der Waals surface area contributed by atoms with Crippen LogP contribution in [-0.2, 0) is 20.8 Å². The monoisotopic (exact) mass is 343 g/mol. The van der Waals surface area contributed by atoms with Gasteiger partial charge in [-0.15, -0.1) is 0 Å². The Bertz CT molecular complexity index is 636. The van der Waals surface area contributed by atoms with E-state index in [9.17, 15) is 14.4 Å². The van der Waals surface area contributed by atoms with E-state index in [2.05, 4.69) is 10.9 Å². The maximum atomic E-state index is 12.0. The van der Waals surface area contributed by atoms with Crippen LogP contribution in [0.1, 0.15) is 50.5 Å². The van der Waals surface area contributed by atoms with Gasteiger partial charge in [-0.3, -0.25) is 25.2 Å². The van der Waals surface area contributed by atoms with Crippen LogP contribution in [0.2, 0.25) is 0 Å². The van der Waals surface area contributed by atoms with E-state index >= 15 is 0 Å². The summed E-state index contributed by atoms with van der Waals surface area (Å²) in [5.74, 6) is -0.160. The van der Waals surface area contributed by atoms with Gasteiger partial charge in [0.2, 0.25) is 17.7 Å². The Kier molecular flexibility index (Phi) is 5.68. The summed E-state index contributed by atoms with van der Waals surface area (Å²) in [5.41, 5.74) is 6.76. The van der Waals surface area contributed by atoms with Gasteiger partial charge < -0.3 is 4.90 Å². The lowest BCUT2D eigenvalue weighted by molar-refractivity contribution is -0.131. The lowest BCUT2D eigenvalue weighted by atomic mass is 9.89. The zero-order chi connectivity index (χ0) is 17.6. The van der Waals surface area contributed by atoms with Crippen molar-refractivity contribution in [3.63, 3.8) is 0 Å². The van der Waals surface area contributed by atoms with Crippen LogP contribution in [0, 0.1) is 5.92 Å². The Morgan fingerprint density at radius 3 is 2.36 bits per heavy atom. The number of hydrogen-bond acceptors (Lipinski definition) is 3. The maximum absolute atomic E-state index is 12.0. The molecule has 6 heteroatoms. The topological polar surface area (TPSA) is 78.5 Å². The van der Waals surface area contributed by atoms with Crippen LogP contribution in [0.25, 0.3) is 0 Å². The summed E-state index contributed by atoms with van der Waals surface area (Å²) < 4.78 is 0. The summed E-state index contributed by atoms with van der Waals surface area (Å²) >= 11 is 0. The highest BCUT2D eigenvalue weighted by Gasteiger charge is 2.22. The number of carbonyl (C=O) groups excluding carboxylic acids is 3. The highest BCUT2D eigenvalue weighted by Crippen LogP contribution is 2.23. The largest absolute Gasteiger partial charge is 0.312 e. The SMILES string of the molecule is O=C(Cc1ccc(N2CCCC2=O)cc1)NNC(=O)C1CCCCC1. The van der Waals surface area contributed by atoms with Crippen LogP contribution in [0.5, 0.6) is 0 Å².